The van der Waals surface area contributed by atoms with Gasteiger partial charge >= 0.3 is 0 Å². The molecule has 6 nitrogen and oxygen atoms in total. The Labute approximate surface area is 207 Å². The van der Waals surface area contributed by atoms with E-state index in [1.807, 2.05) is 30.3 Å². The van der Waals surface area contributed by atoms with E-state index in [-0.39, 0.29) is 34.4 Å². The van der Waals surface area contributed by atoms with Crippen LogP contribution in [0.4, 0.5) is 0 Å². The number of allylic oxidation sites excluding steroid dienone is 4. The van der Waals surface area contributed by atoms with Crippen molar-refractivity contribution in [2.24, 2.45) is 34.5 Å². The zero-order chi connectivity index (χ0) is 24.8. The molecule has 0 bridgehead atoms. The molecule has 2 N–H and O–H groups in total. The fraction of sp³-hybridized carbons (Fsp3) is 0.586. The smallest absolute Gasteiger partial charge is 0.223 e. The van der Waals surface area contributed by atoms with E-state index in [0.717, 1.165) is 42.8 Å². The van der Waals surface area contributed by atoms with Crippen molar-refractivity contribution in [1.29, 1.82) is 0 Å². The van der Waals surface area contributed by atoms with Crippen molar-refractivity contribution in [2.45, 2.75) is 52.1 Å². The van der Waals surface area contributed by atoms with E-state index < -0.39 is 6.10 Å². The summed E-state index contributed by atoms with van der Waals surface area (Å²) in [7, 11) is 1.63. The Kier molecular flexibility index (Phi) is 6.28. The van der Waals surface area contributed by atoms with E-state index in [4.69, 9.17) is 9.47 Å². The minimum Gasteiger partial charge on any atom is -0.497 e. The number of hydrogen-bond acceptors (Lipinski definition) is 5. The van der Waals surface area contributed by atoms with E-state index in [2.05, 4.69) is 19.2 Å². The van der Waals surface area contributed by atoms with Crippen LogP contribution in [-0.4, -0.2) is 43.2 Å². The molecule has 0 saturated heterocycles. The molecule has 6 heteroatoms. The number of amides is 1. The normalized spacial score (nSPS) is 37.5. The quantitative estimate of drug-likeness (QED) is 0.601. The highest BCUT2D eigenvalue weighted by Gasteiger charge is 2.62. The van der Waals surface area contributed by atoms with Crippen molar-refractivity contribution in [3.8, 4) is 11.5 Å². The van der Waals surface area contributed by atoms with Crippen LogP contribution in [0, 0.1) is 34.5 Å². The molecule has 188 valence electrons. The van der Waals surface area contributed by atoms with Crippen molar-refractivity contribution < 1.29 is 24.2 Å². The third kappa shape index (κ3) is 4.10. The van der Waals surface area contributed by atoms with Gasteiger partial charge in [-0.25, -0.2) is 0 Å². The van der Waals surface area contributed by atoms with Crippen molar-refractivity contribution in [3.63, 3.8) is 0 Å². The second-order valence-corrected chi connectivity index (χ2v) is 11.2. The average Bonchev–Trinajstić information content (AvgIpc) is 3.19. The van der Waals surface area contributed by atoms with Crippen molar-refractivity contribution in [1.82, 2.24) is 5.32 Å². The zero-order valence-corrected chi connectivity index (χ0v) is 21.0. The van der Waals surface area contributed by atoms with Crippen LogP contribution in [-0.2, 0) is 9.59 Å². The van der Waals surface area contributed by atoms with Crippen LogP contribution in [0.15, 0.2) is 48.1 Å². The number of ketones is 1. The maximum absolute atomic E-state index is 13.3. The summed E-state index contributed by atoms with van der Waals surface area (Å²) in [4.78, 5) is 25.3. The fourth-order valence-electron chi connectivity index (χ4n) is 7.89. The summed E-state index contributed by atoms with van der Waals surface area (Å²) in [6, 6.07) is 7.40. The standard InChI is InChI=1S/C29H37NO5/c1-28-13-12-19(31)16-18(28)4-9-22-23-10-11-24(29(23,2)17-25(32)26(22)28)27(33)30-14-15-35-21-7-5-20(34-3)6-8-21/h5-8,12-13,16,22-26,32H,4,9-11,14-15,17H2,1-3H3,(H,30,33). The van der Waals surface area contributed by atoms with Gasteiger partial charge in [0, 0.05) is 17.3 Å². The van der Waals surface area contributed by atoms with Gasteiger partial charge in [-0.3, -0.25) is 9.59 Å². The van der Waals surface area contributed by atoms with Crippen molar-refractivity contribution >= 4 is 11.7 Å². The zero-order valence-electron chi connectivity index (χ0n) is 21.0. The second-order valence-electron chi connectivity index (χ2n) is 11.2. The first-order valence-corrected chi connectivity index (χ1v) is 12.9. The minimum atomic E-state index is -0.486. The minimum absolute atomic E-state index is 0.0552. The number of fused-ring (bicyclic) bond motifs is 5. The van der Waals surface area contributed by atoms with Crippen LogP contribution in [0.2, 0.25) is 0 Å². The molecule has 3 saturated carbocycles. The highest BCUT2D eigenvalue weighted by molar-refractivity contribution is 6.01. The summed E-state index contributed by atoms with van der Waals surface area (Å²) in [5, 5.41) is 14.5. The molecule has 35 heavy (non-hydrogen) atoms. The summed E-state index contributed by atoms with van der Waals surface area (Å²) < 4.78 is 10.9. The molecular formula is C29H37NO5. The van der Waals surface area contributed by atoms with E-state index in [1.54, 1.807) is 19.3 Å². The Bertz CT molecular complexity index is 1050. The van der Waals surface area contributed by atoms with E-state index in [0.29, 0.717) is 31.4 Å². The lowest BCUT2D eigenvalue weighted by Gasteiger charge is -2.58. The lowest BCUT2D eigenvalue weighted by molar-refractivity contribution is -0.140. The van der Waals surface area contributed by atoms with Crippen LogP contribution in [0.25, 0.3) is 0 Å². The molecule has 3 fully saturated rings. The molecule has 0 aromatic heterocycles. The number of carbonyl (C=O) groups is 2. The molecule has 0 spiro atoms. The topological polar surface area (TPSA) is 84.9 Å². The Balaban J connectivity index is 1.23. The molecular weight excluding hydrogens is 442 g/mol. The van der Waals surface area contributed by atoms with Crippen LogP contribution in [0.3, 0.4) is 0 Å². The Morgan fingerprint density at radius 2 is 1.89 bits per heavy atom. The number of methoxy groups -OCH3 is 1. The molecule has 1 aromatic carbocycles. The number of carbonyl (C=O) groups excluding carboxylic acids is 2. The summed E-state index contributed by atoms with van der Waals surface area (Å²) >= 11 is 0. The SMILES string of the molecule is COc1ccc(OCCNC(=O)C2CCC3C4CCC5=CC(=O)C=CC5(C)C4C(O)CC23C)cc1. The lowest BCUT2D eigenvalue weighted by atomic mass is 9.47. The second kappa shape index (κ2) is 9.12. The first-order valence-electron chi connectivity index (χ1n) is 12.9. The van der Waals surface area contributed by atoms with E-state index in [9.17, 15) is 14.7 Å². The first kappa shape index (κ1) is 24.1. The lowest BCUT2D eigenvalue weighted by Crippen LogP contribution is -2.57. The Hall–Kier alpha value is -2.60. The molecule has 7 atom stereocenters. The van der Waals surface area contributed by atoms with Gasteiger partial charge in [0.2, 0.25) is 5.91 Å². The average molecular weight is 480 g/mol. The van der Waals surface area contributed by atoms with Crippen molar-refractivity contribution in [2.75, 3.05) is 20.3 Å². The van der Waals surface area contributed by atoms with E-state index in [1.165, 1.54) is 0 Å². The molecule has 1 aromatic rings. The molecule has 1 amide bonds. The number of hydrogen-bond donors (Lipinski definition) is 2. The first-order chi connectivity index (χ1) is 16.8. The largest absolute Gasteiger partial charge is 0.497 e. The number of aliphatic hydroxyl groups is 1. The predicted octanol–water partition coefficient (Wildman–Crippen LogP) is 4.09. The molecule has 0 aliphatic heterocycles. The van der Waals surface area contributed by atoms with Gasteiger partial charge in [-0.05, 0) is 85.8 Å². The highest BCUT2D eigenvalue weighted by atomic mass is 16.5. The number of nitrogens with one attached hydrogen (secondary N) is 1. The summed E-state index contributed by atoms with van der Waals surface area (Å²) in [6.45, 7) is 5.25. The van der Waals surface area contributed by atoms with Gasteiger partial charge in [-0.1, -0.05) is 25.5 Å². The molecule has 0 heterocycles. The third-order valence-electron chi connectivity index (χ3n) is 9.54. The van der Waals surface area contributed by atoms with Gasteiger partial charge in [-0.2, -0.15) is 0 Å². The molecule has 7 unspecified atom stereocenters. The number of ether oxygens (including phenoxy) is 2. The van der Waals surface area contributed by atoms with Crippen LogP contribution in [0.1, 0.15) is 46.0 Å². The molecule has 4 aliphatic rings. The Morgan fingerprint density at radius 1 is 1.14 bits per heavy atom. The van der Waals surface area contributed by atoms with Crippen LogP contribution in [0.5, 0.6) is 11.5 Å². The Morgan fingerprint density at radius 3 is 2.63 bits per heavy atom. The third-order valence-corrected chi connectivity index (χ3v) is 9.54. The highest BCUT2D eigenvalue weighted by Crippen LogP contribution is 2.65. The maximum Gasteiger partial charge on any atom is 0.223 e. The monoisotopic (exact) mass is 479 g/mol. The van der Waals surface area contributed by atoms with Gasteiger partial charge in [-0.15, -0.1) is 0 Å². The van der Waals surface area contributed by atoms with Gasteiger partial charge < -0.3 is 19.9 Å². The van der Waals surface area contributed by atoms with Crippen molar-refractivity contribution in [3.05, 3.63) is 48.1 Å². The van der Waals surface area contributed by atoms with Gasteiger partial charge in [0.15, 0.2) is 5.78 Å². The van der Waals surface area contributed by atoms with Crippen LogP contribution < -0.4 is 14.8 Å². The fourth-order valence-corrected chi connectivity index (χ4v) is 7.89. The predicted molar refractivity (Wildman–Crippen MR) is 133 cm³/mol. The summed E-state index contributed by atoms with van der Waals surface area (Å²) in [6.07, 6.45) is 9.39. The number of rotatable bonds is 6. The van der Waals surface area contributed by atoms with Gasteiger partial charge in [0.25, 0.3) is 0 Å². The number of benzene rings is 1. The number of aliphatic hydroxyl groups excluding tert-OH is 1. The molecule has 5 rings (SSSR count). The molecule has 4 aliphatic carbocycles. The summed E-state index contributed by atoms with van der Waals surface area (Å²) in [5.41, 5.74) is 0.683. The van der Waals surface area contributed by atoms with Gasteiger partial charge in [0.1, 0.15) is 18.1 Å². The van der Waals surface area contributed by atoms with E-state index >= 15 is 0 Å². The van der Waals surface area contributed by atoms with Crippen LogP contribution >= 0.6 is 0 Å². The van der Waals surface area contributed by atoms with Gasteiger partial charge in [0.05, 0.1) is 19.8 Å². The molecule has 0 radical (unpaired) electrons. The maximum atomic E-state index is 13.3. The summed E-state index contributed by atoms with van der Waals surface area (Å²) in [5.74, 6) is 2.42.